The van der Waals surface area contributed by atoms with Crippen molar-refractivity contribution in [3.63, 3.8) is 0 Å². The average molecular weight is 381 g/mol. The van der Waals surface area contributed by atoms with E-state index in [1.54, 1.807) is 0 Å². The second-order valence-electron chi connectivity index (χ2n) is 9.17. The Labute approximate surface area is 171 Å². The zero-order valence-corrected chi connectivity index (χ0v) is 18.2. The molecule has 1 aliphatic heterocycles. The number of nitrogens with zero attached hydrogens (tertiary/aromatic N) is 1. The smallest absolute Gasteiger partial charge is 0.0635 e. The minimum absolute atomic E-state index is 0.0643. The van der Waals surface area contributed by atoms with Gasteiger partial charge in [-0.1, -0.05) is 42.0 Å². The SMILES string of the molecule is Cc1ccc([C@@]2(CCNCc3ccc(N(C)C)cc3)CCOC(C)(C)C2)cc1. The minimum Gasteiger partial charge on any atom is -0.378 e. The summed E-state index contributed by atoms with van der Waals surface area (Å²) in [5, 5.41) is 3.68. The van der Waals surface area contributed by atoms with Crippen molar-refractivity contribution < 1.29 is 4.74 Å². The van der Waals surface area contributed by atoms with Gasteiger partial charge in [0.1, 0.15) is 0 Å². The number of rotatable bonds is 7. The number of anilines is 1. The summed E-state index contributed by atoms with van der Waals surface area (Å²) in [5.41, 5.74) is 5.49. The first-order valence-corrected chi connectivity index (χ1v) is 10.5. The monoisotopic (exact) mass is 380 g/mol. The number of hydrogen-bond acceptors (Lipinski definition) is 3. The van der Waals surface area contributed by atoms with Gasteiger partial charge in [-0.15, -0.1) is 0 Å². The first kappa shape index (κ1) is 20.9. The molecule has 152 valence electrons. The van der Waals surface area contributed by atoms with Gasteiger partial charge in [0.25, 0.3) is 0 Å². The first-order chi connectivity index (χ1) is 13.3. The van der Waals surface area contributed by atoms with Gasteiger partial charge in [0.05, 0.1) is 5.60 Å². The zero-order valence-electron chi connectivity index (χ0n) is 18.2. The average Bonchev–Trinajstić information content (AvgIpc) is 2.65. The van der Waals surface area contributed by atoms with Gasteiger partial charge in [-0.2, -0.15) is 0 Å². The van der Waals surface area contributed by atoms with Crippen molar-refractivity contribution in [2.24, 2.45) is 0 Å². The Morgan fingerprint density at radius 2 is 1.68 bits per heavy atom. The molecule has 3 rings (SSSR count). The predicted molar refractivity (Wildman–Crippen MR) is 119 cm³/mol. The van der Waals surface area contributed by atoms with Gasteiger partial charge < -0.3 is 15.0 Å². The molecule has 1 aliphatic rings. The van der Waals surface area contributed by atoms with Crippen LogP contribution in [0.25, 0.3) is 0 Å². The molecule has 2 aromatic rings. The Morgan fingerprint density at radius 3 is 2.29 bits per heavy atom. The molecule has 0 aliphatic carbocycles. The van der Waals surface area contributed by atoms with E-state index in [0.717, 1.165) is 39.0 Å². The fraction of sp³-hybridized carbons (Fsp3) is 0.520. The summed E-state index contributed by atoms with van der Waals surface area (Å²) in [7, 11) is 4.15. The third-order valence-electron chi connectivity index (χ3n) is 6.06. The molecule has 28 heavy (non-hydrogen) atoms. The lowest BCUT2D eigenvalue weighted by Crippen LogP contribution is -2.45. The van der Waals surface area contributed by atoms with Crippen LogP contribution in [0.4, 0.5) is 5.69 Å². The van der Waals surface area contributed by atoms with Crippen molar-refractivity contribution >= 4 is 5.69 Å². The Bertz CT molecular complexity index is 749. The fourth-order valence-electron chi connectivity index (χ4n) is 4.46. The molecule has 1 fully saturated rings. The van der Waals surface area contributed by atoms with Crippen LogP contribution in [0.1, 0.15) is 49.8 Å². The number of aryl methyl sites for hydroxylation is 1. The molecule has 1 atom stereocenters. The Balaban J connectivity index is 1.64. The van der Waals surface area contributed by atoms with E-state index in [4.69, 9.17) is 4.74 Å². The molecule has 1 N–H and O–H groups in total. The Hall–Kier alpha value is -1.84. The van der Waals surface area contributed by atoms with Crippen molar-refractivity contribution in [2.75, 3.05) is 32.1 Å². The quantitative estimate of drug-likeness (QED) is 0.679. The molecular formula is C25H36N2O. The van der Waals surface area contributed by atoms with Gasteiger partial charge in [0, 0.05) is 38.3 Å². The van der Waals surface area contributed by atoms with Gasteiger partial charge in [0.2, 0.25) is 0 Å². The van der Waals surface area contributed by atoms with Crippen LogP contribution in [0.5, 0.6) is 0 Å². The summed E-state index contributed by atoms with van der Waals surface area (Å²) in [6.45, 7) is 9.39. The third kappa shape index (κ3) is 5.15. The molecule has 0 saturated carbocycles. The lowest BCUT2D eigenvalue weighted by Gasteiger charge is -2.45. The van der Waals surface area contributed by atoms with E-state index < -0.39 is 0 Å². The van der Waals surface area contributed by atoms with Crippen molar-refractivity contribution in [1.29, 1.82) is 0 Å². The van der Waals surface area contributed by atoms with E-state index in [1.165, 1.54) is 22.4 Å². The lowest BCUT2D eigenvalue weighted by molar-refractivity contribution is -0.0840. The molecule has 2 aromatic carbocycles. The van der Waals surface area contributed by atoms with Crippen LogP contribution >= 0.6 is 0 Å². The third-order valence-corrected chi connectivity index (χ3v) is 6.06. The summed E-state index contributed by atoms with van der Waals surface area (Å²) in [5.74, 6) is 0. The van der Waals surface area contributed by atoms with E-state index in [9.17, 15) is 0 Å². The largest absolute Gasteiger partial charge is 0.378 e. The summed E-state index contributed by atoms with van der Waals surface area (Å²) in [6.07, 6.45) is 3.31. The van der Waals surface area contributed by atoms with Crippen molar-refractivity contribution in [3.8, 4) is 0 Å². The van der Waals surface area contributed by atoms with Gasteiger partial charge in [-0.3, -0.25) is 0 Å². The van der Waals surface area contributed by atoms with Gasteiger partial charge in [0.15, 0.2) is 0 Å². The lowest BCUT2D eigenvalue weighted by atomic mass is 9.67. The number of nitrogens with one attached hydrogen (secondary N) is 1. The van der Waals surface area contributed by atoms with Crippen LogP contribution < -0.4 is 10.2 Å². The van der Waals surface area contributed by atoms with Gasteiger partial charge in [-0.05, 0) is 69.8 Å². The molecule has 1 heterocycles. The topological polar surface area (TPSA) is 24.5 Å². The van der Waals surface area contributed by atoms with Crippen molar-refractivity contribution in [3.05, 3.63) is 65.2 Å². The maximum absolute atomic E-state index is 6.05. The zero-order chi connectivity index (χ0) is 20.2. The van der Waals surface area contributed by atoms with Crippen LogP contribution in [0.3, 0.4) is 0 Å². The summed E-state index contributed by atoms with van der Waals surface area (Å²) in [4.78, 5) is 2.13. The second-order valence-corrected chi connectivity index (χ2v) is 9.17. The normalized spacial score (nSPS) is 21.5. The molecule has 0 amide bonds. The van der Waals surface area contributed by atoms with Gasteiger partial charge in [-0.25, -0.2) is 0 Å². The summed E-state index contributed by atoms with van der Waals surface area (Å²) in [6, 6.07) is 18.0. The van der Waals surface area contributed by atoms with Crippen LogP contribution in [-0.2, 0) is 16.7 Å². The Kier molecular flexibility index (Phi) is 6.47. The van der Waals surface area contributed by atoms with E-state index in [1.807, 2.05) is 0 Å². The van der Waals surface area contributed by atoms with Crippen LogP contribution in [-0.4, -0.2) is 32.8 Å². The highest BCUT2D eigenvalue weighted by molar-refractivity contribution is 5.45. The van der Waals surface area contributed by atoms with E-state index in [0.29, 0.717) is 0 Å². The first-order valence-electron chi connectivity index (χ1n) is 10.5. The molecule has 0 radical (unpaired) electrons. The number of ether oxygens (including phenoxy) is 1. The van der Waals surface area contributed by atoms with Crippen molar-refractivity contribution in [2.45, 2.75) is 57.6 Å². The van der Waals surface area contributed by atoms with Crippen LogP contribution in [0.15, 0.2) is 48.5 Å². The molecular weight excluding hydrogens is 344 g/mol. The van der Waals surface area contributed by atoms with E-state index in [2.05, 4.69) is 93.6 Å². The highest BCUT2D eigenvalue weighted by Gasteiger charge is 2.41. The minimum atomic E-state index is -0.0643. The molecule has 0 spiro atoms. The molecule has 0 unspecified atom stereocenters. The summed E-state index contributed by atoms with van der Waals surface area (Å²) < 4.78 is 6.05. The molecule has 1 saturated heterocycles. The van der Waals surface area contributed by atoms with Crippen molar-refractivity contribution in [1.82, 2.24) is 5.32 Å². The Morgan fingerprint density at radius 1 is 1.00 bits per heavy atom. The molecule has 0 aromatic heterocycles. The van der Waals surface area contributed by atoms with E-state index in [-0.39, 0.29) is 11.0 Å². The summed E-state index contributed by atoms with van der Waals surface area (Å²) >= 11 is 0. The maximum Gasteiger partial charge on any atom is 0.0635 e. The van der Waals surface area contributed by atoms with Crippen LogP contribution in [0.2, 0.25) is 0 Å². The van der Waals surface area contributed by atoms with E-state index >= 15 is 0 Å². The highest BCUT2D eigenvalue weighted by atomic mass is 16.5. The second kappa shape index (κ2) is 8.67. The number of hydrogen-bond donors (Lipinski definition) is 1. The highest BCUT2D eigenvalue weighted by Crippen LogP contribution is 2.43. The fourth-order valence-corrected chi connectivity index (χ4v) is 4.46. The van der Waals surface area contributed by atoms with Gasteiger partial charge >= 0.3 is 0 Å². The molecule has 3 heteroatoms. The molecule has 3 nitrogen and oxygen atoms in total. The maximum atomic E-state index is 6.05. The predicted octanol–water partition coefficient (Wildman–Crippen LogP) is 5.07. The number of benzene rings is 2. The molecule has 0 bridgehead atoms. The standard InChI is InChI=1S/C25H36N2O/c1-20-6-10-22(11-7-20)25(15-17-28-24(2,3)19-25)14-16-26-18-21-8-12-23(13-9-21)27(4)5/h6-13,26H,14-19H2,1-5H3/t25-/m0/s1. The van der Waals surface area contributed by atoms with Crippen LogP contribution in [0, 0.1) is 6.92 Å².